The number of benzene rings is 1. The zero-order valence-corrected chi connectivity index (χ0v) is 23.6. The average Bonchev–Trinajstić information content (AvgIpc) is 3.52. The molecule has 1 aliphatic carbocycles. The van der Waals surface area contributed by atoms with Gasteiger partial charge < -0.3 is 19.9 Å². The third-order valence-corrected chi connectivity index (χ3v) is 7.39. The smallest absolute Gasteiger partial charge is 0.272 e. The van der Waals surface area contributed by atoms with Crippen molar-refractivity contribution in [3.63, 3.8) is 0 Å². The van der Waals surface area contributed by atoms with Crippen molar-refractivity contribution in [1.82, 2.24) is 20.4 Å². The van der Waals surface area contributed by atoms with E-state index in [4.69, 9.17) is 14.6 Å². The lowest BCUT2D eigenvalue weighted by Crippen LogP contribution is -2.44. The minimum Gasteiger partial charge on any atom is -0.496 e. The number of hydrogen-bond acceptors (Lipinski definition) is 6. The number of amides is 1. The number of nitrogens with one attached hydrogen (secondary N) is 2. The summed E-state index contributed by atoms with van der Waals surface area (Å²) in [5.74, 6) is 1.73. The van der Waals surface area contributed by atoms with Crippen LogP contribution in [0.4, 0.5) is 0 Å². The highest BCUT2D eigenvalue weighted by molar-refractivity contribution is 5.94. The van der Waals surface area contributed by atoms with Crippen molar-refractivity contribution in [2.24, 2.45) is 11.8 Å². The number of aliphatic hydroxyl groups excluding tert-OH is 1. The Morgan fingerprint density at radius 1 is 1.08 bits per heavy atom. The summed E-state index contributed by atoms with van der Waals surface area (Å²) in [5, 5.41) is 22.0. The van der Waals surface area contributed by atoms with Crippen LogP contribution in [-0.4, -0.2) is 53.3 Å². The van der Waals surface area contributed by atoms with Crippen LogP contribution in [0.15, 0.2) is 24.3 Å². The lowest BCUT2D eigenvalue weighted by molar-refractivity contribution is 0.0827. The van der Waals surface area contributed by atoms with E-state index in [1.165, 1.54) is 12.8 Å². The van der Waals surface area contributed by atoms with Gasteiger partial charge in [0.1, 0.15) is 17.7 Å². The lowest BCUT2D eigenvalue weighted by Gasteiger charge is -2.25. The Hall–Kier alpha value is -2.58. The second-order valence-corrected chi connectivity index (χ2v) is 11.1. The summed E-state index contributed by atoms with van der Waals surface area (Å²) in [4.78, 5) is 13.5. The molecule has 8 heteroatoms. The average molecular weight is 515 g/mol. The molecule has 8 nitrogen and oxygen atoms in total. The highest BCUT2D eigenvalue weighted by atomic mass is 16.5. The van der Waals surface area contributed by atoms with Crippen LogP contribution >= 0.6 is 0 Å². The molecule has 0 radical (unpaired) electrons. The van der Waals surface area contributed by atoms with Crippen LogP contribution in [0.3, 0.4) is 0 Å². The van der Waals surface area contributed by atoms with Gasteiger partial charge in [0.25, 0.3) is 5.91 Å². The van der Waals surface area contributed by atoms with Gasteiger partial charge >= 0.3 is 0 Å². The zero-order chi connectivity index (χ0) is 27.1. The maximum atomic E-state index is 13.5. The van der Waals surface area contributed by atoms with Crippen molar-refractivity contribution in [3.8, 4) is 22.8 Å². The predicted octanol–water partition coefficient (Wildman–Crippen LogP) is 5.17. The minimum atomic E-state index is -0.654. The second kappa shape index (κ2) is 13.3. The molecule has 1 amide bonds. The van der Waals surface area contributed by atoms with E-state index in [1.54, 1.807) is 14.2 Å². The highest BCUT2D eigenvalue weighted by Crippen LogP contribution is 2.40. The number of aromatic nitrogens is 2. The summed E-state index contributed by atoms with van der Waals surface area (Å²) in [6.45, 7) is 10.6. The highest BCUT2D eigenvalue weighted by Gasteiger charge is 2.27. The first kappa shape index (κ1) is 29.0. The number of nitrogens with zero attached hydrogens (tertiary/aromatic N) is 2. The Morgan fingerprint density at radius 2 is 1.70 bits per heavy atom. The van der Waals surface area contributed by atoms with Crippen LogP contribution in [0.25, 0.3) is 11.3 Å². The quantitative estimate of drug-likeness (QED) is 0.319. The van der Waals surface area contributed by atoms with Gasteiger partial charge in [0, 0.05) is 18.5 Å². The normalized spacial score (nSPS) is 16.7. The van der Waals surface area contributed by atoms with Crippen LogP contribution in [0.2, 0.25) is 0 Å². The fourth-order valence-corrected chi connectivity index (χ4v) is 5.13. The fraction of sp³-hybridized carbons (Fsp3) is 0.655. The zero-order valence-electron chi connectivity index (χ0n) is 23.6. The maximum absolute atomic E-state index is 13.5. The molecule has 37 heavy (non-hydrogen) atoms. The van der Waals surface area contributed by atoms with Gasteiger partial charge in [-0.25, -0.2) is 0 Å². The summed E-state index contributed by atoms with van der Waals surface area (Å²) in [5.41, 5.74) is 1.87. The summed E-state index contributed by atoms with van der Waals surface area (Å²) in [6.07, 6.45) is 5.17. The first-order chi connectivity index (χ1) is 17.6. The van der Waals surface area contributed by atoms with E-state index in [1.807, 2.05) is 28.9 Å². The predicted molar refractivity (Wildman–Crippen MR) is 147 cm³/mol. The Labute approximate surface area is 222 Å². The van der Waals surface area contributed by atoms with Crippen molar-refractivity contribution in [2.45, 2.75) is 97.5 Å². The molecule has 1 aliphatic rings. The van der Waals surface area contributed by atoms with Crippen molar-refractivity contribution in [3.05, 3.63) is 30.0 Å². The molecular weight excluding hydrogens is 468 g/mol. The molecule has 3 atom stereocenters. The van der Waals surface area contributed by atoms with E-state index >= 15 is 0 Å². The van der Waals surface area contributed by atoms with Gasteiger partial charge in [0.2, 0.25) is 0 Å². The Morgan fingerprint density at radius 3 is 2.24 bits per heavy atom. The molecule has 0 aliphatic heterocycles. The van der Waals surface area contributed by atoms with Crippen LogP contribution in [0, 0.1) is 11.8 Å². The third kappa shape index (κ3) is 7.48. The first-order valence-corrected chi connectivity index (χ1v) is 13.7. The topological polar surface area (TPSA) is 97.6 Å². The van der Waals surface area contributed by atoms with Gasteiger partial charge in [0.15, 0.2) is 5.69 Å². The molecule has 1 aromatic heterocycles. The van der Waals surface area contributed by atoms with Crippen LogP contribution in [-0.2, 0) is 0 Å². The number of carbonyl (C=O) groups is 1. The molecule has 2 unspecified atom stereocenters. The molecule has 2 aromatic rings. The third-order valence-electron chi connectivity index (χ3n) is 7.39. The molecule has 1 aromatic carbocycles. The standard InChI is InChI=1S/C29H46N4O4/c1-18(2)15-22(16-27(34)30-21-11-8-9-12-21)31-29(35)23-17-24(33(32-23)20(5)19(3)4)28-25(36-6)13-10-14-26(28)37-7/h10,13-14,17-22,27,30,34H,8-9,11-12,15-16H2,1-7H3,(H,31,35)/t20?,22-,27?/m0/s1. The maximum Gasteiger partial charge on any atom is 0.272 e. The summed E-state index contributed by atoms with van der Waals surface area (Å²) in [7, 11) is 3.25. The minimum absolute atomic E-state index is 0.0371. The van der Waals surface area contributed by atoms with E-state index in [2.05, 4.69) is 45.3 Å². The number of methoxy groups -OCH3 is 2. The summed E-state index contributed by atoms with van der Waals surface area (Å²) < 4.78 is 13.2. The van der Waals surface area contributed by atoms with Gasteiger partial charge in [-0.1, -0.05) is 46.6 Å². The van der Waals surface area contributed by atoms with Crippen molar-refractivity contribution >= 4 is 5.91 Å². The molecule has 3 rings (SSSR count). The summed E-state index contributed by atoms with van der Waals surface area (Å²) in [6, 6.07) is 7.68. The molecule has 0 bridgehead atoms. The number of rotatable bonds is 13. The van der Waals surface area contributed by atoms with Crippen LogP contribution in [0.5, 0.6) is 11.5 Å². The second-order valence-electron chi connectivity index (χ2n) is 11.1. The fourth-order valence-electron chi connectivity index (χ4n) is 5.13. The van der Waals surface area contributed by atoms with Gasteiger partial charge in [-0.05, 0) is 56.2 Å². The molecule has 3 N–H and O–H groups in total. The number of ether oxygens (including phenoxy) is 2. The van der Waals surface area contributed by atoms with Gasteiger partial charge in [-0.15, -0.1) is 0 Å². The van der Waals surface area contributed by atoms with E-state index in [-0.39, 0.29) is 18.0 Å². The first-order valence-electron chi connectivity index (χ1n) is 13.7. The Bertz CT molecular complexity index is 991. The monoisotopic (exact) mass is 514 g/mol. The molecule has 1 fully saturated rings. The van der Waals surface area contributed by atoms with Crippen molar-refractivity contribution in [2.75, 3.05) is 14.2 Å². The molecule has 0 spiro atoms. The van der Waals surface area contributed by atoms with E-state index < -0.39 is 6.23 Å². The summed E-state index contributed by atoms with van der Waals surface area (Å²) >= 11 is 0. The van der Waals surface area contributed by atoms with Crippen LogP contribution < -0.4 is 20.1 Å². The van der Waals surface area contributed by atoms with Crippen molar-refractivity contribution < 1.29 is 19.4 Å². The molecule has 206 valence electrons. The Balaban J connectivity index is 1.89. The largest absolute Gasteiger partial charge is 0.496 e. The van der Waals surface area contributed by atoms with Crippen molar-refractivity contribution in [1.29, 1.82) is 0 Å². The van der Waals surface area contributed by atoms with Crippen LogP contribution in [0.1, 0.15) is 89.7 Å². The number of carbonyl (C=O) groups excluding carboxylic acids is 1. The molecule has 0 saturated heterocycles. The Kier molecular flexibility index (Phi) is 10.4. The number of aliphatic hydroxyl groups is 1. The van der Waals surface area contributed by atoms with E-state index in [0.29, 0.717) is 41.5 Å². The molecule has 1 saturated carbocycles. The SMILES string of the molecule is COc1cccc(OC)c1-c1cc(C(=O)N[C@@H](CC(C)C)CC(O)NC2CCCC2)nn1C(C)C(C)C. The molecular formula is C29H46N4O4. The van der Waals surface area contributed by atoms with E-state index in [9.17, 15) is 9.90 Å². The van der Waals surface area contributed by atoms with Gasteiger partial charge in [-0.3, -0.25) is 14.8 Å². The molecule has 1 heterocycles. The number of hydrogen-bond donors (Lipinski definition) is 3. The van der Waals surface area contributed by atoms with Gasteiger partial charge in [0.05, 0.1) is 31.5 Å². The van der Waals surface area contributed by atoms with E-state index in [0.717, 1.165) is 30.5 Å². The lowest BCUT2D eigenvalue weighted by atomic mass is 9.99. The van der Waals surface area contributed by atoms with Gasteiger partial charge in [-0.2, -0.15) is 5.10 Å².